The van der Waals surface area contributed by atoms with Gasteiger partial charge in [-0.25, -0.2) is 9.79 Å². The van der Waals surface area contributed by atoms with Crippen molar-refractivity contribution < 1.29 is 19.1 Å². The van der Waals surface area contributed by atoms with E-state index in [1.54, 1.807) is 11.9 Å². The number of carbonyl (C=O) groups is 3. The van der Waals surface area contributed by atoms with Crippen LogP contribution in [0.15, 0.2) is 35.1 Å². The average Bonchev–Trinajstić information content (AvgIpc) is 3.20. The monoisotopic (exact) mass is 397 g/mol. The molecular weight excluding hydrogens is 374 g/mol. The van der Waals surface area contributed by atoms with E-state index in [1.165, 1.54) is 17.6 Å². The smallest absolute Gasteiger partial charge is 0.328 e. The van der Waals surface area contributed by atoms with Crippen molar-refractivity contribution in [1.82, 2.24) is 14.7 Å². The first-order valence-corrected chi connectivity index (χ1v) is 9.31. The molecule has 0 spiro atoms. The minimum atomic E-state index is -0.719. The molecule has 3 amide bonds. The Balaban J connectivity index is 1.70. The fourth-order valence-electron chi connectivity index (χ4n) is 3.88. The highest BCUT2D eigenvalue weighted by Gasteiger charge is 2.54. The van der Waals surface area contributed by atoms with Crippen LogP contribution in [-0.2, 0) is 14.3 Å². The van der Waals surface area contributed by atoms with Crippen molar-refractivity contribution in [2.45, 2.75) is 33.0 Å². The third-order valence-corrected chi connectivity index (χ3v) is 5.65. The Morgan fingerprint density at radius 3 is 2.55 bits per heavy atom. The van der Waals surface area contributed by atoms with Crippen molar-refractivity contribution >= 4 is 29.6 Å². The molecule has 3 heterocycles. The van der Waals surface area contributed by atoms with Crippen LogP contribution in [0.2, 0.25) is 0 Å². The van der Waals surface area contributed by atoms with Gasteiger partial charge in [0.1, 0.15) is 6.54 Å². The molecule has 0 bridgehead atoms. The van der Waals surface area contributed by atoms with Gasteiger partial charge in [0.25, 0.3) is 5.91 Å². The zero-order valence-electron chi connectivity index (χ0n) is 17.0. The maximum atomic E-state index is 13.1. The number of carbonyl (C=O) groups excluding carboxylic acids is 3. The zero-order chi connectivity index (χ0) is 21.0. The van der Waals surface area contributed by atoms with Crippen molar-refractivity contribution in [3.8, 4) is 0 Å². The fraction of sp³-hybridized carbons (Fsp3) is 0.400. The third-order valence-electron chi connectivity index (χ3n) is 5.65. The predicted molar refractivity (Wildman–Crippen MR) is 106 cm³/mol. The molecule has 29 heavy (non-hydrogen) atoms. The Morgan fingerprint density at radius 2 is 1.90 bits per heavy atom. The number of aliphatic imine (C=N–C) groups is 1. The Hall–Kier alpha value is -3.36. The summed E-state index contributed by atoms with van der Waals surface area (Å²) < 4.78 is 4.63. The lowest BCUT2D eigenvalue weighted by atomic mass is 10.1. The maximum absolute atomic E-state index is 13.1. The molecular formula is C20H23N5O4. The summed E-state index contributed by atoms with van der Waals surface area (Å²) in [7, 11) is 2.80. The summed E-state index contributed by atoms with van der Waals surface area (Å²) in [6.45, 7) is 5.62. The van der Waals surface area contributed by atoms with E-state index in [0.29, 0.717) is 5.96 Å². The van der Waals surface area contributed by atoms with Gasteiger partial charge in [0.15, 0.2) is 12.2 Å². The summed E-state index contributed by atoms with van der Waals surface area (Å²) >= 11 is 0. The van der Waals surface area contributed by atoms with Crippen molar-refractivity contribution in [3.05, 3.63) is 41.2 Å². The van der Waals surface area contributed by atoms with Crippen LogP contribution in [0.3, 0.4) is 0 Å². The Kier molecular flexibility index (Phi) is 4.33. The lowest BCUT2D eigenvalue weighted by Crippen LogP contribution is -2.65. The summed E-state index contributed by atoms with van der Waals surface area (Å²) in [4.78, 5) is 48.2. The summed E-state index contributed by atoms with van der Waals surface area (Å²) in [5, 5.41) is 0. The number of fused-ring (bicyclic) bond motifs is 3. The molecule has 0 radical (unpaired) electrons. The van der Waals surface area contributed by atoms with E-state index in [0.717, 1.165) is 21.8 Å². The minimum absolute atomic E-state index is 0.422. The van der Waals surface area contributed by atoms with Gasteiger partial charge < -0.3 is 14.5 Å². The number of ether oxygens (including phenoxy) is 1. The molecule has 3 aliphatic heterocycles. The van der Waals surface area contributed by atoms with Gasteiger partial charge in [-0.2, -0.15) is 0 Å². The van der Waals surface area contributed by atoms with Crippen LogP contribution >= 0.6 is 0 Å². The maximum Gasteiger partial charge on any atom is 0.328 e. The van der Waals surface area contributed by atoms with E-state index in [4.69, 9.17) is 4.99 Å². The molecule has 0 aromatic heterocycles. The number of guanidine groups is 1. The Morgan fingerprint density at radius 1 is 1.17 bits per heavy atom. The lowest BCUT2D eigenvalue weighted by molar-refractivity contribution is -0.148. The van der Waals surface area contributed by atoms with Crippen LogP contribution in [0, 0.1) is 13.8 Å². The highest BCUT2D eigenvalue weighted by atomic mass is 16.5. The number of amides is 3. The van der Waals surface area contributed by atoms with E-state index in [9.17, 15) is 14.4 Å². The van der Waals surface area contributed by atoms with E-state index < -0.39 is 36.7 Å². The SMILES string of the molecule is COC(=O)CN1C(=O)C2C(N=C3N(c4ccc(C)c(C)c4)C(C)=CN32)N(C)C1=O. The number of hydrogen-bond donors (Lipinski definition) is 0. The Labute approximate surface area is 168 Å². The first kappa shape index (κ1) is 19.0. The number of hydrogen-bond acceptors (Lipinski definition) is 7. The van der Waals surface area contributed by atoms with Crippen LogP contribution in [0.25, 0.3) is 0 Å². The lowest BCUT2D eigenvalue weighted by Gasteiger charge is -2.39. The second kappa shape index (κ2) is 6.61. The highest BCUT2D eigenvalue weighted by molar-refractivity contribution is 6.10. The van der Waals surface area contributed by atoms with Gasteiger partial charge in [0.2, 0.25) is 5.96 Å². The second-order valence-electron chi connectivity index (χ2n) is 7.46. The average molecular weight is 397 g/mol. The number of imide groups is 1. The van der Waals surface area contributed by atoms with Gasteiger partial charge >= 0.3 is 12.0 Å². The van der Waals surface area contributed by atoms with Crippen LogP contribution in [-0.4, -0.2) is 71.5 Å². The fourth-order valence-corrected chi connectivity index (χ4v) is 3.88. The summed E-state index contributed by atoms with van der Waals surface area (Å²) in [5.74, 6) is -0.524. The molecule has 9 heteroatoms. The predicted octanol–water partition coefficient (Wildman–Crippen LogP) is 1.42. The zero-order valence-corrected chi connectivity index (χ0v) is 17.0. The number of methoxy groups -OCH3 is 1. The van der Waals surface area contributed by atoms with Gasteiger partial charge in [-0.3, -0.25) is 19.4 Å². The Bertz CT molecular complexity index is 985. The molecule has 2 unspecified atom stereocenters. The van der Waals surface area contributed by atoms with E-state index in [-0.39, 0.29) is 0 Å². The number of likely N-dealkylation sites (N-methyl/N-ethyl adjacent to an activating group) is 1. The molecule has 1 fully saturated rings. The highest BCUT2D eigenvalue weighted by Crippen LogP contribution is 2.36. The normalized spacial score (nSPS) is 23.2. The van der Waals surface area contributed by atoms with Gasteiger partial charge in [-0.15, -0.1) is 0 Å². The molecule has 1 aromatic carbocycles. The van der Waals surface area contributed by atoms with Crippen molar-refractivity contribution in [3.63, 3.8) is 0 Å². The number of urea groups is 1. The van der Waals surface area contributed by atoms with E-state index in [2.05, 4.69) is 17.7 Å². The van der Waals surface area contributed by atoms with Crippen LogP contribution in [0.4, 0.5) is 10.5 Å². The van der Waals surface area contributed by atoms with Gasteiger partial charge in [0.05, 0.1) is 7.11 Å². The molecule has 0 aliphatic carbocycles. The van der Waals surface area contributed by atoms with Gasteiger partial charge in [-0.1, -0.05) is 6.07 Å². The van der Waals surface area contributed by atoms with Crippen LogP contribution in [0.5, 0.6) is 0 Å². The quantitative estimate of drug-likeness (QED) is 0.717. The number of nitrogens with zero attached hydrogens (tertiary/aromatic N) is 5. The molecule has 0 saturated carbocycles. The van der Waals surface area contributed by atoms with E-state index in [1.807, 2.05) is 37.1 Å². The van der Waals surface area contributed by atoms with Gasteiger partial charge in [0, 0.05) is 24.6 Å². The van der Waals surface area contributed by atoms with Crippen molar-refractivity contribution in [1.29, 1.82) is 0 Å². The number of allylic oxidation sites excluding steroid dienone is 1. The standard InChI is InChI=1S/C20H23N5O4/c1-11-6-7-14(8-12(11)2)25-13(3)9-23-16-17(21-19(23)25)22(4)20(28)24(18(16)27)10-15(26)29-5/h6-9,16-17H,10H2,1-5H3. The molecule has 1 saturated heterocycles. The van der Waals surface area contributed by atoms with Gasteiger partial charge in [-0.05, 0) is 44.0 Å². The van der Waals surface area contributed by atoms with Crippen molar-refractivity contribution in [2.75, 3.05) is 25.6 Å². The van der Waals surface area contributed by atoms with Crippen molar-refractivity contribution in [2.24, 2.45) is 4.99 Å². The summed E-state index contributed by atoms with van der Waals surface area (Å²) in [5.41, 5.74) is 4.19. The minimum Gasteiger partial charge on any atom is -0.468 e. The molecule has 0 N–H and O–H groups in total. The molecule has 2 atom stereocenters. The molecule has 4 rings (SSSR count). The van der Waals surface area contributed by atoms with Crippen LogP contribution < -0.4 is 4.90 Å². The largest absolute Gasteiger partial charge is 0.468 e. The molecule has 9 nitrogen and oxygen atoms in total. The number of rotatable bonds is 3. The van der Waals surface area contributed by atoms with E-state index >= 15 is 0 Å². The number of benzene rings is 1. The molecule has 152 valence electrons. The third kappa shape index (κ3) is 2.76. The van der Waals surface area contributed by atoms with Crippen LogP contribution in [0.1, 0.15) is 18.1 Å². The molecule has 1 aromatic rings. The topological polar surface area (TPSA) is 85.8 Å². The first-order valence-electron chi connectivity index (χ1n) is 9.31. The molecule has 3 aliphatic rings. The number of anilines is 1. The number of esters is 1. The number of aryl methyl sites for hydroxylation is 2. The second-order valence-corrected chi connectivity index (χ2v) is 7.46. The summed E-state index contributed by atoms with van der Waals surface area (Å²) in [6, 6.07) is 4.84. The summed E-state index contributed by atoms with van der Waals surface area (Å²) in [6.07, 6.45) is 1.20. The first-order chi connectivity index (χ1) is 13.7.